The lowest BCUT2D eigenvalue weighted by Crippen LogP contribution is -2.22. The summed E-state index contributed by atoms with van der Waals surface area (Å²) in [5.41, 5.74) is 15.6. The van der Waals surface area contributed by atoms with Gasteiger partial charge in [-0.3, -0.25) is 0 Å². The highest BCUT2D eigenvalue weighted by atomic mass is 35.5. The number of aromatic nitrogens is 1. The number of nitrogens with two attached hydrogens (primary N) is 2. The molecule has 0 saturated heterocycles. The van der Waals surface area contributed by atoms with Crippen LogP contribution in [0.3, 0.4) is 0 Å². The zero-order chi connectivity index (χ0) is 22.1. The summed E-state index contributed by atoms with van der Waals surface area (Å²) in [5.74, 6) is 1.11. The van der Waals surface area contributed by atoms with Gasteiger partial charge in [0.2, 0.25) is 5.88 Å². The first-order chi connectivity index (χ1) is 15.0. The number of ether oxygens (including phenoxy) is 1. The number of nitrogen functional groups attached to an aromatic ring is 2. The number of hydrogen-bond acceptors (Lipinski definition) is 7. The highest BCUT2D eigenvalue weighted by molar-refractivity contribution is 7.99. The van der Waals surface area contributed by atoms with E-state index in [1.165, 1.54) is 0 Å². The molecule has 31 heavy (non-hydrogen) atoms. The lowest BCUT2D eigenvalue weighted by Gasteiger charge is -2.30. The monoisotopic (exact) mass is 451 g/mol. The fourth-order valence-electron chi connectivity index (χ4n) is 3.71. The number of hydrogen-bond donors (Lipinski definition) is 2. The van der Waals surface area contributed by atoms with Gasteiger partial charge in [0.05, 0.1) is 16.5 Å². The zero-order valence-electron chi connectivity index (χ0n) is 17.2. The molecule has 1 aromatic heterocycles. The maximum Gasteiger partial charge on any atom is 0.228 e. The van der Waals surface area contributed by atoms with Crippen molar-refractivity contribution in [3.8, 4) is 17.7 Å². The van der Waals surface area contributed by atoms with Crippen LogP contribution in [0.5, 0.6) is 11.6 Å². The molecule has 2 aromatic carbocycles. The number of fused-ring (bicyclic) bond motifs is 2. The Morgan fingerprint density at radius 3 is 2.52 bits per heavy atom. The summed E-state index contributed by atoms with van der Waals surface area (Å²) >= 11 is 7.66. The first kappa shape index (κ1) is 21.2. The highest BCUT2D eigenvalue weighted by Crippen LogP contribution is 2.54. The summed E-state index contributed by atoms with van der Waals surface area (Å²) in [7, 11) is 0. The maximum atomic E-state index is 9.54. The summed E-state index contributed by atoms with van der Waals surface area (Å²) in [6.07, 6.45) is 0. The third kappa shape index (κ3) is 3.85. The largest absolute Gasteiger partial charge is 0.438 e. The molecule has 0 fully saturated rings. The quantitative estimate of drug-likeness (QED) is 0.520. The number of nitrogens with zero attached hydrogens (tertiary/aromatic N) is 3. The molecule has 0 radical (unpaired) electrons. The van der Waals surface area contributed by atoms with Crippen LogP contribution in [0.15, 0.2) is 47.4 Å². The van der Waals surface area contributed by atoms with E-state index in [0.29, 0.717) is 27.9 Å². The maximum absolute atomic E-state index is 9.54. The van der Waals surface area contributed by atoms with Crippen LogP contribution in [0.25, 0.3) is 0 Å². The third-order valence-electron chi connectivity index (χ3n) is 5.32. The highest BCUT2D eigenvalue weighted by Gasteiger charge is 2.34. The molecule has 4 N–H and O–H groups in total. The van der Waals surface area contributed by atoms with Crippen LogP contribution in [0.1, 0.15) is 35.8 Å². The number of anilines is 3. The number of thioether (sulfide) groups is 1. The third-order valence-corrected chi connectivity index (χ3v) is 6.85. The van der Waals surface area contributed by atoms with Gasteiger partial charge in [-0.1, -0.05) is 17.7 Å². The molecule has 6 nitrogen and oxygen atoms in total. The number of rotatable bonds is 5. The first-order valence-electron chi connectivity index (χ1n) is 9.94. The molecule has 0 bridgehead atoms. The van der Waals surface area contributed by atoms with E-state index in [-0.39, 0.29) is 16.6 Å². The van der Waals surface area contributed by atoms with Crippen LogP contribution < -0.4 is 21.1 Å². The Kier molecular flexibility index (Phi) is 5.86. The minimum absolute atomic E-state index is 0.0670. The van der Waals surface area contributed by atoms with E-state index >= 15 is 0 Å². The second-order valence-corrected chi connectivity index (χ2v) is 8.68. The molecule has 3 aromatic rings. The Morgan fingerprint density at radius 2 is 1.87 bits per heavy atom. The lowest BCUT2D eigenvalue weighted by molar-refractivity contribution is 0.441. The molecule has 2 heterocycles. The standard InChI is InChI=1S/C23H22ClN5OS/c1-3-29(4-2)14-7-10-16-18(11-14)30-23-19(20(26)17(12-25)22(27)28-23)21(16)31-15-8-5-13(24)6-9-15/h5-11,21H,3-4H2,1-2H3,(H4,26,27,28). The van der Waals surface area contributed by atoms with E-state index in [1.54, 1.807) is 11.8 Å². The predicted octanol–water partition coefficient (Wildman–Crippen LogP) is 5.60. The summed E-state index contributed by atoms with van der Waals surface area (Å²) in [6, 6.07) is 15.8. The Balaban J connectivity index is 1.87. The Bertz CT molecular complexity index is 1170. The van der Waals surface area contributed by atoms with Gasteiger partial charge in [0.15, 0.2) is 0 Å². The van der Waals surface area contributed by atoms with Gasteiger partial charge in [-0.05, 0) is 44.2 Å². The van der Waals surface area contributed by atoms with E-state index in [2.05, 4.69) is 41.9 Å². The fourth-order valence-corrected chi connectivity index (χ4v) is 5.07. The average Bonchev–Trinajstić information content (AvgIpc) is 2.76. The molecule has 8 heteroatoms. The Morgan fingerprint density at radius 1 is 1.16 bits per heavy atom. The normalized spacial score (nSPS) is 14.2. The van der Waals surface area contributed by atoms with Gasteiger partial charge in [-0.25, -0.2) is 0 Å². The minimum atomic E-state index is -0.217. The van der Waals surface area contributed by atoms with Gasteiger partial charge < -0.3 is 21.1 Å². The van der Waals surface area contributed by atoms with E-state index in [1.807, 2.05) is 30.3 Å². The number of halogens is 1. The summed E-state index contributed by atoms with van der Waals surface area (Å²) in [5, 5.41) is 9.99. The van der Waals surface area contributed by atoms with Crippen molar-refractivity contribution in [3.05, 3.63) is 64.2 Å². The SMILES string of the molecule is CCN(CC)c1ccc2c(c1)Oc1nc(N)c(C#N)c(N)c1C2Sc1ccc(Cl)cc1. The molecule has 158 valence electrons. The zero-order valence-corrected chi connectivity index (χ0v) is 18.8. The molecule has 1 aliphatic heterocycles. The molecular weight excluding hydrogens is 430 g/mol. The van der Waals surface area contributed by atoms with Crippen molar-refractivity contribution < 1.29 is 4.74 Å². The van der Waals surface area contributed by atoms with Gasteiger partial charge in [0, 0.05) is 40.3 Å². The first-order valence-corrected chi connectivity index (χ1v) is 11.2. The molecule has 1 unspecified atom stereocenters. The smallest absolute Gasteiger partial charge is 0.228 e. The van der Waals surface area contributed by atoms with Crippen LogP contribution >= 0.6 is 23.4 Å². The van der Waals surface area contributed by atoms with Gasteiger partial charge >= 0.3 is 0 Å². The number of nitriles is 1. The van der Waals surface area contributed by atoms with Crippen LogP contribution in [-0.4, -0.2) is 18.1 Å². The van der Waals surface area contributed by atoms with Crippen molar-refractivity contribution in [2.45, 2.75) is 24.0 Å². The second-order valence-electron chi connectivity index (χ2n) is 7.06. The summed E-state index contributed by atoms with van der Waals surface area (Å²) < 4.78 is 6.16. The summed E-state index contributed by atoms with van der Waals surface area (Å²) in [4.78, 5) is 7.63. The van der Waals surface area contributed by atoms with Crippen LogP contribution in [0.4, 0.5) is 17.2 Å². The van der Waals surface area contributed by atoms with E-state index in [9.17, 15) is 5.26 Å². The molecule has 1 aliphatic rings. The fraction of sp³-hybridized carbons (Fsp3) is 0.217. The molecule has 0 amide bonds. The Labute approximate surface area is 190 Å². The average molecular weight is 452 g/mol. The van der Waals surface area contributed by atoms with Crippen molar-refractivity contribution in [1.82, 2.24) is 4.98 Å². The topological polar surface area (TPSA) is 101 Å². The number of benzene rings is 2. The van der Waals surface area contributed by atoms with Crippen molar-refractivity contribution >= 4 is 40.6 Å². The van der Waals surface area contributed by atoms with Crippen molar-refractivity contribution in [2.24, 2.45) is 0 Å². The van der Waals surface area contributed by atoms with Gasteiger partial charge in [0.1, 0.15) is 23.2 Å². The molecule has 0 saturated carbocycles. The van der Waals surface area contributed by atoms with Crippen molar-refractivity contribution in [1.29, 1.82) is 5.26 Å². The van der Waals surface area contributed by atoms with E-state index in [4.69, 9.17) is 27.8 Å². The van der Waals surface area contributed by atoms with Crippen LogP contribution in [0.2, 0.25) is 5.02 Å². The van der Waals surface area contributed by atoms with Crippen molar-refractivity contribution in [3.63, 3.8) is 0 Å². The number of pyridine rings is 1. The van der Waals surface area contributed by atoms with E-state index < -0.39 is 0 Å². The summed E-state index contributed by atoms with van der Waals surface area (Å²) in [6.45, 7) is 6.01. The molecular formula is C23H22ClN5OS. The van der Waals surface area contributed by atoms with Crippen molar-refractivity contribution in [2.75, 3.05) is 29.5 Å². The second kappa shape index (κ2) is 8.58. The van der Waals surface area contributed by atoms with Crippen LogP contribution in [0, 0.1) is 11.3 Å². The van der Waals surface area contributed by atoms with E-state index in [0.717, 1.165) is 29.2 Å². The molecule has 0 spiro atoms. The van der Waals surface area contributed by atoms with Gasteiger partial charge in [-0.15, -0.1) is 11.8 Å². The van der Waals surface area contributed by atoms with Gasteiger partial charge in [-0.2, -0.15) is 10.2 Å². The van der Waals surface area contributed by atoms with Crippen LogP contribution in [-0.2, 0) is 0 Å². The minimum Gasteiger partial charge on any atom is -0.438 e. The molecule has 4 rings (SSSR count). The Hall–Kier alpha value is -3.08. The molecule has 0 aliphatic carbocycles. The van der Waals surface area contributed by atoms with Gasteiger partial charge in [0.25, 0.3) is 0 Å². The molecule has 1 atom stereocenters. The predicted molar refractivity (Wildman–Crippen MR) is 127 cm³/mol. The lowest BCUT2D eigenvalue weighted by atomic mass is 9.98.